The number of aryl methyl sites for hydroxylation is 1. The van der Waals surface area contributed by atoms with Crippen LogP contribution in [0.1, 0.15) is 18.1 Å². The van der Waals surface area contributed by atoms with E-state index in [-0.39, 0.29) is 5.91 Å². The lowest BCUT2D eigenvalue weighted by molar-refractivity contribution is -0.129. The Kier molecular flexibility index (Phi) is 6.01. The van der Waals surface area contributed by atoms with Gasteiger partial charge < -0.3 is 10.2 Å². The minimum atomic E-state index is 0.100. The molecule has 2 aromatic carbocycles. The Labute approximate surface area is 140 Å². The minimum Gasteiger partial charge on any atom is -0.376 e. The molecule has 0 unspecified atom stereocenters. The van der Waals surface area contributed by atoms with Gasteiger partial charge in [0, 0.05) is 23.2 Å². The number of amides is 1. The molecule has 22 heavy (non-hydrogen) atoms. The molecule has 0 heterocycles. The van der Waals surface area contributed by atoms with E-state index in [1.165, 1.54) is 5.56 Å². The lowest BCUT2D eigenvalue weighted by atomic mass is 10.2. The topological polar surface area (TPSA) is 32.3 Å². The summed E-state index contributed by atoms with van der Waals surface area (Å²) in [6, 6.07) is 16.1. The van der Waals surface area contributed by atoms with Crippen LogP contribution in [0.5, 0.6) is 0 Å². The zero-order valence-corrected chi connectivity index (χ0v) is 14.6. The van der Waals surface area contributed by atoms with Crippen molar-refractivity contribution < 1.29 is 4.79 Å². The summed E-state index contributed by atoms with van der Waals surface area (Å²) in [5.41, 5.74) is 3.27. The highest BCUT2D eigenvalue weighted by Gasteiger charge is 2.11. The fraction of sp³-hybridized carbons (Fsp3) is 0.278. The quantitative estimate of drug-likeness (QED) is 0.836. The molecule has 3 nitrogen and oxygen atoms in total. The average molecular weight is 361 g/mol. The summed E-state index contributed by atoms with van der Waals surface area (Å²) in [6.45, 7) is 5.69. The lowest BCUT2D eigenvalue weighted by Crippen LogP contribution is -2.34. The van der Waals surface area contributed by atoms with E-state index in [4.69, 9.17) is 0 Å². The third-order valence-corrected chi connectivity index (χ3v) is 4.42. The maximum atomic E-state index is 12.4. The largest absolute Gasteiger partial charge is 0.376 e. The second-order valence-corrected chi connectivity index (χ2v) is 6.07. The minimum absolute atomic E-state index is 0.100. The van der Waals surface area contributed by atoms with E-state index in [0.717, 1.165) is 15.7 Å². The number of carbonyl (C=O) groups is 1. The van der Waals surface area contributed by atoms with Crippen molar-refractivity contribution in [2.45, 2.75) is 20.4 Å². The van der Waals surface area contributed by atoms with Gasteiger partial charge in [0.05, 0.1) is 6.54 Å². The molecule has 0 fully saturated rings. The van der Waals surface area contributed by atoms with Crippen LogP contribution in [-0.2, 0) is 11.3 Å². The predicted octanol–water partition coefficient (Wildman–Crippen LogP) is 4.22. The maximum absolute atomic E-state index is 12.4. The van der Waals surface area contributed by atoms with Gasteiger partial charge in [-0.1, -0.05) is 52.3 Å². The maximum Gasteiger partial charge on any atom is 0.242 e. The fourth-order valence-electron chi connectivity index (χ4n) is 2.17. The van der Waals surface area contributed by atoms with Crippen LogP contribution in [0.25, 0.3) is 0 Å². The number of rotatable bonds is 6. The van der Waals surface area contributed by atoms with Crippen molar-refractivity contribution in [3.8, 4) is 0 Å². The highest BCUT2D eigenvalue weighted by Crippen LogP contribution is 2.20. The molecule has 2 rings (SSSR count). The van der Waals surface area contributed by atoms with Gasteiger partial charge in [0.1, 0.15) is 0 Å². The van der Waals surface area contributed by atoms with E-state index in [2.05, 4.69) is 21.2 Å². The molecule has 2 aromatic rings. The molecule has 1 amide bonds. The molecule has 0 aliphatic carbocycles. The number of nitrogens with one attached hydrogen (secondary N) is 1. The molecule has 0 atom stereocenters. The average Bonchev–Trinajstić information content (AvgIpc) is 2.54. The Bertz CT molecular complexity index is 628. The van der Waals surface area contributed by atoms with Crippen molar-refractivity contribution in [2.24, 2.45) is 0 Å². The van der Waals surface area contributed by atoms with Gasteiger partial charge in [-0.05, 0) is 37.1 Å². The molecule has 0 saturated carbocycles. The highest BCUT2D eigenvalue weighted by molar-refractivity contribution is 9.10. The van der Waals surface area contributed by atoms with Crippen molar-refractivity contribution in [3.63, 3.8) is 0 Å². The van der Waals surface area contributed by atoms with Gasteiger partial charge >= 0.3 is 0 Å². The number of halogens is 1. The van der Waals surface area contributed by atoms with Crippen molar-refractivity contribution in [2.75, 3.05) is 18.4 Å². The number of benzene rings is 2. The van der Waals surface area contributed by atoms with E-state index in [9.17, 15) is 4.79 Å². The SMILES string of the molecule is CCN(Cc1ccccc1)C(=O)CNc1ccc(C)c(Br)c1. The summed E-state index contributed by atoms with van der Waals surface area (Å²) >= 11 is 3.50. The molecule has 0 radical (unpaired) electrons. The zero-order chi connectivity index (χ0) is 15.9. The number of anilines is 1. The highest BCUT2D eigenvalue weighted by atomic mass is 79.9. The van der Waals surface area contributed by atoms with Crippen molar-refractivity contribution in [1.29, 1.82) is 0 Å². The van der Waals surface area contributed by atoms with Crippen molar-refractivity contribution in [3.05, 3.63) is 64.1 Å². The van der Waals surface area contributed by atoms with Gasteiger partial charge in [0.25, 0.3) is 0 Å². The smallest absolute Gasteiger partial charge is 0.242 e. The van der Waals surface area contributed by atoms with Gasteiger partial charge in [-0.2, -0.15) is 0 Å². The first-order valence-electron chi connectivity index (χ1n) is 7.42. The van der Waals surface area contributed by atoms with Gasteiger partial charge in [-0.25, -0.2) is 0 Å². The summed E-state index contributed by atoms with van der Waals surface area (Å²) in [4.78, 5) is 14.2. The lowest BCUT2D eigenvalue weighted by Gasteiger charge is -2.21. The predicted molar refractivity (Wildman–Crippen MR) is 94.9 cm³/mol. The van der Waals surface area contributed by atoms with Gasteiger partial charge in [0.15, 0.2) is 0 Å². The molecule has 0 aromatic heterocycles. The molecule has 4 heteroatoms. The molecule has 0 spiro atoms. The van der Waals surface area contributed by atoms with Crippen LogP contribution < -0.4 is 5.32 Å². The zero-order valence-electron chi connectivity index (χ0n) is 13.0. The summed E-state index contributed by atoms with van der Waals surface area (Å²) in [6.07, 6.45) is 0. The van der Waals surface area contributed by atoms with Crippen LogP contribution >= 0.6 is 15.9 Å². The van der Waals surface area contributed by atoms with Crippen LogP contribution in [0.2, 0.25) is 0 Å². The molecule has 116 valence electrons. The van der Waals surface area contributed by atoms with Crippen LogP contribution in [0.4, 0.5) is 5.69 Å². The number of carbonyl (C=O) groups excluding carboxylic acids is 1. The van der Waals surface area contributed by atoms with E-state index < -0.39 is 0 Å². The third-order valence-electron chi connectivity index (χ3n) is 3.57. The van der Waals surface area contributed by atoms with Gasteiger partial charge in [0.2, 0.25) is 5.91 Å². The van der Waals surface area contributed by atoms with E-state index in [1.807, 2.05) is 67.3 Å². The normalized spacial score (nSPS) is 10.3. The molecule has 0 aliphatic rings. The fourth-order valence-corrected chi connectivity index (χ4v) is 2.55. The Morgan fingerprint density at radius 3 is 2.55 bits per heavy atom. The van der Waals surface area contributed by atoms with Gasteiger partial charge in [-0.15, -0.1) is 0 Å². The molecule has 0 aliphatic heterocycles. The second kappa shape index (κ2) is 7.99. The molecule has 1 N–H and O–H groups in total. The molecular formula is C18H21BrN2O. The van der Waals surface area contributed by atoms with Crippen LogP contribution in [0.15, 0.2) is 53.0 Å². The number of hydrogen-bond donors (Lipinski definition) is 1. The summed E-state index contributed by atoms with van der Waals surface area (Å²) in [5, 5.41) is 3.19. The van der Waals surface area contributed by atoms with Gasteiger partial charge in [-0.3, -0.25) is 4.79 Å². The molecule has 0 bridgehead atoms. The summed E-state index contributed by atoms with van der Waals surface area (Å²) in [5.74, 6) is 0.100. The van der Waals surface area contributed by atoms with Crippen LogP contribution in [-0.4, -0.2) is 23.9 Å². The van der Waals surface area contributed by atoms with E-state index in [1.54, 1.807) is 0 Å². The van der Waals surface area contributed by atoms with Crippen LogP contribution in [0, 0.1) is 6.92 Å². The first-order valence-corrected chi connectivity index (χ1v) is 8.21. The number of likely N-dealkylation sites (N-methyl/N-ethyl adjacent to an activating group) is 1. The van der Waals surface area contributed by atoms with E-state index >= 15 is 0 Å². The van der Waals surface area contributed by atoms with Crippen molar-refractivity contribution in [1.82, 2.24) is 4.90 Å². The standard InChI is InChI=1S/C18H21BrN2O/c1-3-21(13-15-7-5-4-6-8-15)18(22)12-20-16-10-9-14(2)17(19)11-16/h4-11,20H,3,12-13H2,1-2H3. The third kappa shape index (κ3) is 4.60. The van der Waals surface area contributed by atoms with Crippen LogP contribution in [0.3, 0.4) is 0 Å². The van der Waals surface area contributed by atoms with E-state index in [0.29, 0.717) is 19.6 Å². The van der Waals surface area contributed by atoms with Crippen molar-refractivity contribution >= 4 is 27.5 Å². The Hall–Kier alpha value is -1.81. The Balaban J connectivity index is 1.93. The summed E-state index contributed by atoms with van der Waals surface area (Å²) < 4.78 is 1.04. The summed E-state index contributed by atoms with van der Waals surface area (Å²) in [7, 11) is 0. The molecule has 0 saturated heterocycles. The number of nitrogens with zero attached hydrogens (tertiary/aromatic N) is 1. The monoisotopic (exact) mass is 360 g/mol. The Morgan fingerprint density at radius 2 is 1.91 bits per heavy atom. The Morgan fingerprint density at radius 1 is 1.18 bits per heavy atom. The first-order chi connectivity index (χ1) is 10.6. The number of hydrogen-bond acceptors (Lipinski definition) is 2. The second-order valence-electron chi connectivity index (χ2n) is 5.21. The molecular weight excluding hydrogens is 340 g/mol. The first kappa shape index (κ1) is 16.6.